The van der Waals surface area contributed by atoms with Crippen LogP contribution in [-0.4, -0.2) is 43.8 Å². The van der Waals surface area contributed by atoms with E-state index >= 15 is 0 Å². The first kappa shape index (κ1) is 30.2. The molecule has 39 heavy (non-hydrogen) atoms. The summed E-state index contributed by atoms with van der Waals surface area (Å²) in [7, 11) is -4.13. The lowest BCUT2D eigenvalue weighted by molar-refractivity contribution is -0.140. The Morgan fingerprint density at radius 2 is 1.62 bits per heavy atom. The number of carbonyl (C=O) groups is 2. The number of nitrogens with one attached hydrogen (secondary N) is 1. The maximum absolute atomic E-state index is 14.0. The van der Waals surface area contributed by atoms with Gasteiger partial charge in [0, 0.05) is 17.6 Å². The first-order valence-corrected chi connectivity index (χ1v) is 14.9. The van der Waals surface area contributed by atoms with Crippen molar-refractivity contribution in [3.63, 3.8) is 0 Å². The molecule has 0 heterocycles. The highest BCUT2D eigenvalue weighted by Gasteiger charge is 2.34. The number of hydrogen-bond donors (Lipinski definition) is 1. The predicted molar refractivity (Wildman–Crippen MR) is 156 cm³/mol. The second-order valence-corrected chi connectivity index (χ2v) is 11.9. The molecule has 0 bridgehead atoms. The Bertz CT molecular complexity index is 1380. The van der Waals surface area contributed by atoms with Gasteiger partial charge in [0.1, 0.15) is 12.6 Å². The van der Waals surface area contributed by atoms with Crippen LogP contribution < -0.4 is 9.62 Å². The summed E-state index contributed by atoms with van der Waals surface area (Å²) in [5, 5.41) is 3.32. The normalized spacial score (nSPS) is 12.8. The zero-order valence-corrected chi connectivity index (χ0v) is 24.4. The molecule has 9 heteroatoms. The molecule has 0 radical (unpaired) electrons. The molecule has 0 aliphatic rings. The van der Waals surface area contributed by atoms with Crippen LogP contribution in [0.25, 0.3) is 0 Å². The molecule has 0 saturated heterocycles. The number of halogens is 1. The van der Waals surface area contributed by atoms with E-state index < -0.39 is 28.5 Å². The van der Waals surface area contributed by atoms with Crippen LogP contribution in [0.5, 0.6) is 0 Å². The van der Waals surface area contributed by atoms with Crippen molar-refractivity contribution >= 4 is 39.1 Å². The average Bonchev–Trinajstić information content (AvgIpc) is 2.91. The van der Waals surface area contributed by atoms with Crippen molar-refractivity contribution in [3.8, 4) is 0 Å². The van der Waals surface area contributed by atoms with Crippen LogP contribution in [-0.2, 0) is 26.2 Å². The van der Waals surface area contributed by atoms with Crippen molar-refractivity contribution in [1.82, 2.24) is 10.2 Å². The lowest BCUT2D eigenvalue weighted by Gasteiger charge is -2.33. The Labute approximate surface area is 236 Å². The summed E-state index contributed by atoms with van der Waals surface area (Å²) in [6.45, 7) is 7.32. The van der Waals surface area contributed by atoms with Gasteiger partial charge in [0.15, 0.2) is 0 Å². The lowest BCUT2D eigenvalue weighted by Crippen LogP contribution is -2.53. The van der Waals surface area contributed by atoms with Gasteiger partial charge in [0.25, 0.3) is 10.0 Å². The Morgan fingerprint density at radius 1 is 0.923 bits per heavy atom. The largest absolute Gasteiger partial charge is 0.352 e. The number of carbonyl (C=O) groups excluding carboxylic acids is 2. The van der Waals surface area contributed by atoms with Gasteiger partial charge in [-0.1, -0.05) is 79.5 Å². The fraction of sp³-hybridized carbons (Fsp3) is 0.333. The summed E-state index contributed by atoms with van der Waals surface area (Å²) in [4.78, 5) is 28.9. The van der Waals surface area contributed by atoms with Gasteiger partial charge in [-0.2, -0.15) is 0 Å². The summed E-state index contributed by atoms with van der Waals surface area (Å²) < 4.78 is 28.6. The second kappa shape index (κ2) is 13.6. The molecule has 1 N–H and O–H groups in total. The minimum absolute atomic E-state index is 0.0459. The van der Waals surface area contributed by atoms with Gasteiger partial charge in [-0.15, -0.1) is 0 Å². The van der Waals surface area contributed by atoms with Crippen LogP contribution in [0.2, 0.25) is 5.02 Å². The van der Waals surface area contributed by atoms with Gasteiger partial charge in [0.05, 0.1) is 10.6 Å². The van der Waals surface area contributed by atoms with Gasteiger partial charge in [-0.3, -0.25) is 13.9 Å². The zero-order valence-electron chi connectivity index (χ0n) is 22.8. The van der Waals surface area contributed by atoms with E-state index in [1.807, 2.05) is 52.0 Å². The van der Waals surface area contributed by atoms with Crippen molar-refractivity contribution in [2.24, 2.45) is 0 Å². The van der Waals surface area contributed by atoms with Crippen molar-refractivity contribution in [3.05, 3.63) is 95.0 Å². The number of anilines is 1. The van der Waals surface area contributed by atoms with Crippen LogP contribution in [0.15, 0.2) is 83.8 Å². The van der Waals surface area contributed by atoms with E-state index in [2.05, 4.69) is 5.32 Å². The molecular weight excluding hydrogens is 534 g/mol. The van der Waals surface area contributed by atoms with Gasteiger partial charge in [0.2, 0.25) is 11.8 Å². The Hall–Kier alpha value is -3.36. The lowest BCUT2D eigenvalue weighted by atomic mass is 10.1. The van der Waals surface area contributed by atoms with Crippen LogP contribution in [0.1, 0.15) is 44.7 Å². The number of nitrogens with zero attached hydrogens (tertiary/aromatic N) is 2. The van der Waals surface area contributed by atoms with Gasteiger partial charge in [-0.25, -0.2) is 8.42 Å². The van der Waals surface area contributed by atoms with Crippen molar-refractivity contribution in [2.75, 3.05) is 10.8 Å². The summed E-state index contributed by atoms with van der Waals surface area (Å²) in [5.74, 6) is -0.768. The average molecular weight is 570 g/mol. The zero-order chi connectivity index (χ0) is 28.6. The molecule has 0 fully saturated rings. The molecule has 208 valence electrons. The monoisotopic (exact) mass is 569 g/mol. The van der Waals surface area contributed by atoms with Crippen LogP contribution in [0.4, 0.5) is 5.69 Å². The molecular formula is C30H36ClN3O4S. The topological polar surface area (TPSA) is 86.8 Å². The Balaban J connectivity index is 2.05. The molecule has 3 rings (SSSR count). The van der Waals surface area contributed by atoms with Crippen LogP contribution in [0, 0.1) is 6.92 Å². The minimum atomic E-state index is -4.13. The maximum atomic E-state index is 14.0. The summed E-state index contributed by atoms with van der Waals surface area (Å²) in [6.07, 6.45) is 1.11. The molecule has 3 aromatic rings. The fourth-order valence-corrected chi connectivity index (χ4v) is 5.86. The highest BCUT2D eigenvalue weighted by atomic mass is 35.5. The highest BCUT2D eigenvalue weighted by Crippen LogP contribution is 2.27. The molecule has 0 aliphatic heterocycles. The molecule has 7 nitrogen and oxygen atoms in total. The van der Waals surface area contributed by atoms with E-state index in [9.17, 15) is 18.0 Å². The molecule has 0 spiro atoms. The smallest absolute Gasteiger partial charge is 0.264 e. The van der Waals surface area contributed by atoms with E-state index in [0.717, 1.165) is 21.9 Å². The van der Waals surface area contributed by atoms with Crippen molar-refractivity contribution < 1.29 is 18.0 Å². The van der Waals surface area contributed by atoms with Gasteiger partial charge in [-0.05, 0) is 62.6 Å². The summed E-state index contributed by atoms with van der Waals surface area (Å²) >= 11 is 6.21. The molecule has 0 saturated carbocycles. The predicted octanol–water partition coefficient (Wildman–Crippen LogP) is 5.57. The fourth-order valence-electron chi connectivity index (χ4n) is 4.25. The third-order valence-corrected chi connectivity index (χ3v) is 8.55. The van der Waals surface area contributed by atoms with E-state index in [1.54, 1.807) is 36.4 Å². The molecule has 0 aliphatic carbocycles. The third-order valence-electron chi connectivity index (χ3n) is 6.53. The van der Waals surface area contributed by atoms with Gasteiger partial charge < -0.3 is 10.2 Å². The first-order valence-electron chi connectivity index (χ1n) is 13.1. The number of hydrogen-bond acceptors (Lipinski definition) is 4. The van der Waals surface area contributed by atoms with Crippen LogP contribution >= 0.6 is 11.6 Å². The second-order valence-electron chi connectivity index (χ2n) is 9.56. The molecule has 2 atom stereocenters. The van der Waals surface area contributed by atoms with E-state index in [1.165, 1.54) is 23.1 Å². The molecule has 2 amide bonds. The Morgan fingerprint density at radius 3 is 2.23 bits per heavy atom. The first-order chi connectivity index (χ1) is 18.6. The number of benzene rings is 3. The number of aryl methyl sites for hydroxylation is 1. The Kier molecular flexibility index (Phi) is 10.5. The minimum Gasteiger partial charge on any atom is -0.352 e. The maximum Gasteiger partial charge on any atom is 0.264 e. The molecule has 0 unspecified atom stereocenters. The summed E-state index contributed by atoms with van der Waals surface area (Å²) in [5.41, 5.74) is 2.12. The number of sulfonamides is 1. The van der Waals surface area contributed by atoms with Crippen molar-refractivity contribution in [1.29, 1.82) is 0 Å². The van der Waals surface area contributed by atoms with Gasteiger partial charge >= 0.3 is 0 Å². The van der Waals surface area contributed by atoms with Crippen molar-refractivity contribution in [2.45, 2.75) is 64.1 Å². The number of amides is 2. The quantitative estimate of drug-likeness (QED) is 0.309. The third kappa shape index (κ3) is 7.83. The molecule has 0 aromatic heterocycles. The van der Waals surface area contributed by atoms with E-state index in [-0.39, 0.29) is 29.1 Å². The molecule has 3 aromatic carbocycles. The highest BCUT2D eigenvalue weighted by molar-refractivity contribution is 7.92. The van der Waals surface area contributed by atoms with Crippen LogP contribution in [0.3, 0.4) is 0 Å². The van der Waals surface area contributed by atoms with E-state index in [0.29, 0.717) is 11.4 Å². The standard InChI is InChI=1S/C30H36ClN3O4S/c1-5-23(4)32-30(36)28(6-2)33(20-24-13-10-12-22(3)18-24)29(35)21-34(26-15-11-14-25(31)19-26)39(37,38)27-16-8-7-9-17-27/h7-19,23,28H,5-6,20-21H2,1-4H3,(H,32,36)/t23-,28-/m1/s1. The number of rotatable bonds is 12. The van der Waals surface area contributed by atoms with E-state index in [4.69, 9.17) is 11.6 Å². The summed E-state index contributed by atoms with van der Waals surface area (Å²) in [6, 6.07) is 21.2. The SMILES string of the molecule is CC[C@@H](C)NC(=O)[C@@H](CC)N(Cc1cccc(C)c1)C(=O)CN(c1cccc(Cl)c1)S(=O)(=O)c1ccccc1.